The van der Waals surface area contributed by atoms with Crippen molar-refractivity contribution >= 4 is 34.8 Å². The Morgan fingerprint density at radius 3 is 1.98 bits per heavy atom. The maximum atomic E-state index is 13.4. The largest absolute Gasteiger partial charge is 0.453 e. The summed E-state index contributed by atoms with van der Waals surface area (Å²) in [5.41, 5.74) is 5.60. The summed E-state index contributed by atoms with van der Waals surface area (Å²) in [6, 6.07) is 18.0. The molecule has 2 aliphatic heterocycles. The molecule has 0 spiro atoms. The number of aromatic amines is 2. The molecule has 16 nitrogen and oxygen atoms in total. The zero-order chi connectivity index (χ0) is 40.2. The summed E-state index contributed by atoms with van der Waals surface area (Å²) < 4.78 is 15.0. The predicted molar refractivity (Wildman–Crippen MR) is 210 cm³/mol. The van der Waals surface area contributed by atoms with Gasteiger partial charge in [0.1, 0.15) is 29.8 Å². The molecule has 4 heterocycles. The van der Waals surface area contributed by atoms with Crippen LogP contribution in [-0.2, 0) is 23.8 Å². The third-order valence-electron chi connectivity index (χ3n) is 10.5. The van der Waals surface area contributed by atoms with E-state index in [0.29, 0.717) is 37.8 Å². The molecule has 5 atom stereocenters. The molecule has 0 aliphatic carbocycles. The van der Waals surface area contributed by atoms with E-state index in [1.165, 1.54) is 21.1 Å². The number of aliphatic hydroxyl groups excluding tert-OH is 1. The molecule has 5 N–H and O–H groups in total. The molecule has 0 saturated carbocycles. The third-order valence-corrected chi connectivity index (χ3v) is 10.5. The van der Waals surface area contributed by atoms with Crippen LogP contribution in [0.1, 0.15) is 50.4 Å². The number of hydrogen-bond donors (Lipinski definition) is 5. The van der Waals surface area contributed by atoms with Crippen molar-refractivity contribution < 1.29 is 38.5 Å². The van der Waals surface area contributed by atoms with Gasteiger partial charge in [0, 0.05) is 18.7 Å². The zero-order valence-corrected chi connectivity index (χ0v) is 32.2. The lowest BCUT2D eigenvalue weighted by Gasteiger charge is -2.36. The van der Waals surface area contributed by atoms with Crippen LogP contribution in [0.5, 0.6) is 0 Å². The second-order valence-electron chi connectivity index (χ2n) is 14.2. The number of imidazole rings is 2. The number of morpholine rings is 1. The number of H-pyrrole nitrogens is 2. The van der Waals surface area contributed by atoms with Crippen molar-refractivity contribution in [2.24, 2.45) is 0 Å². The molecule has 2 saturated heterocycles. The van der Waals surface area contributed by atoms with Crippen molar-refractivity contribution in [2.75, 3.05) is 40.5 Å². The third kappa shape index (κ3) is 8.32. The molecule has 5 unspecified atom stereocenters. The van der Waals surface area contributed by atoms with E-state index in [2.05, 4.69) is 82.5 Å². The second kappa shape index (κ2) is 16.9. The lowest BCUT2D eigenvalue weighted by atomic mass is 9.98. The number of amides is 4. The Morgan fingerprint density at radius 1 is 0.754 bits per heavy atom. The number of hydrogen-bond acceptors (Lipinski definition) is 10. The minimum absolute atomic E-state index is 0.250. The smallest absolute Gasteiger partial charge is 0.407 e. The average molecular weight is 779 g/mol. The Morgan fingerprint density at radius 2 is 1.32 bits per heavy atom. The fraction of sp³-hybridized carbons (Fsp3) is 0.366. The molecule has 298 valence electrons. The van der Waals surface area contributed by atoms with Crippen molar-refractivity contribution in [1.82, 2.24) is 40.4 Å². The molecule has 2 fully saturated rings. The number of methoxy groups -OCH3 is 2. The van der Waals surface area contributed by atoms with Crippen molar-refractivity contribution in [1.29, 1.82) is 0 Å². The van der Waals surface area contributed by atoms with Crippen molar-refractivity contribution in [3.8, 4) is 33.6 Å². The molecule has 3 aromatic carbocycles. The van der Waals surface area contributed by atoms with Gasteiger partial charge in [0.2, 0.25) is 11.8 Å². The summed E-state index contributed by atoms with van der Waals surface area (Å²) in [6.45, 7) is 4.59. The Kier molecular flexibility index (Phi) is 11.5. The van der Waals surface area contributed by atoms with Gasteiger partial charge in [-0.2, -0.15) is 0 Å². The summed E-state index contributed by atoms with van der Waals surface area (Å²) in [4.78, 5) is 69.5. The van der Waals surface area contributed by atoms with Crippen LogP contribution in [0.15, 0.2) is 73.1 Å². The fourth-order valence-corrected chi connectivity index (χ4v) is 7.45. The highest BCUT2D eigenvalue weighted by Gasteiger charge is 2.38. The van der Waals surface area contributed by atoms with E-state index in [9.17, 15) is 24.3 Å². The number of nitrogens with one attached hydrogen (secondary N) is 4. The fourth-order valence-electron chi connectivity index (χ4n) is 7.45. The molecule has 4 amide bonds. The second-order valence-corrected chi connectivity index (χ2v) is 14.2. The number of carbonyl (C=O) groups is 4. The first-order chi connectivity index (χ1) is 27.5. The minimum Gasteiger partial charge on any atom is -0.453 e. The van der Waals surface area contributed by atoms with Crippen molar-refractivity contribution in [3.05, 3.63) is 84.7 Å². The number of nitrogens with zero attached hydrogens (tertiary/aromatic N) is 4. The molecule has 57 heavy (non-hydrogen) atoms. The number of fused-ring (bicyclic) bond motifs is 1. The first-order valence-corrected chi connectivity index (χ1v) is 18.8. The summed E-state index contributed by atoms with van der Waals surface area (Å²) in [5.74, 6) is 0.597. The minimum atomic E-state index is -1.14. The topological polar surface area (TPSA) is 204 Å². The van der Waals surface area contributed by atoms with Gasteiger partial charge in [0.15, 0.2) is 0 Å². The van der Waals surface area contributed by atoms with E-state index in [4.69, 9.17) is 4.74 Å². The van der Waals surface area contributed by atoms with Gasteiger partial charge in [-0.05, 0) is 66.3 Å². The lowest BCUT2D eigenvalue weighted by molar-refractivity contribution is -0.142. The van der Waals surface area contributed by atoms with Crippen LogP contribution in [0.4, 0.5) is 9.59 Å². The molecule has 0 radical (unpaired) electrons. The monoisotopic (exact) mass is 778 g/mol. The van der Waals surface area contributed by atoms with Gasteiger partial charge < -0.3 is 49.7 Å². The summed E-state index contributed by atoms with van der Waals surface area (Å²) >= 11 is 0. The average Bonchev–Trinajstić information content (AvgIpc) is 4.04. The first kappa shape index (κ1) is 39.0. The van der Waals surface area contributed by atoms with E-state index in [0.717, 1.165) is 50.8 Å². The van der Waals surface area contributed by atoms with Crippen LogP contribution in [-0.4, -0.2) is 118 Å². The SMILES string of the molecule is COC(=O)NC(C)C(=O)N1CCOCC1c1ncc(-c2ccc(-c3ccc4cc(-c5cnc(C6CCCN6C(=O)C(NC(=O)OC)C(C)O)[nH]5)ccc4c3)cc2)[nH]1. The van der Waals surface area contributed by atoms with Gasteiger partial charge >= 0.3 is 12.2 Å². The number of aliphatic hydroxyl groups is 1. The van der Waals surface area contributed by atoms with Crippen LogP contribution in [0, 0.1) is 0 Å². The number of alkyl carbamates (subject to hydrolysis) is 2. The molecular weight excluding hydrogens is 732 g/mol. The maximum Gasteiger partial charge on any atom is 0.407 e. The molecule has 2 aliphatic rings. The molecule has 7 rings (SSSR count). The maximum absolute atomic E-state index is 13.4. The summed E-state index contributed by atoms with van der Waals surface area (Å²) in [5, 5.41) is 17.3. The van der Waals surface area contributed by atoms with Gasteiger partial charge in [-0.25, -0.2) is 19.6 Å². The molecule has 2 aromatic heterocycles. The van der Waals surface area contributed by atoms with Crippen molar-refractivity contribution in [3.63, 3.8) is 0 Å². The number of aromatic nitrogens is 4. The van der Waals surface area contributed by atoms with Crippen LogP contribution >= 0.6 is 0 Å². The first-order valence-electron chi connectivity index (χ1n) is 18.8. The highest BCUT2D eigenvalue weighted by atomic mass is 16.5. The molecular formula is C41H46N8O8. The number of ether oxygens (including phenoxy) is 3. The quantitative estimate of drug-likeness (QED) is 0.132. The molecule has 16 heteroatoms. The number of benzene rings is 3. The molecule has 5 aromatic rings. The molecule has 0 bridgehead atoms. The van der Waals surface area contributed by atoms with Crippen LogP contribution in [0.3, 0.4) is 0 Å². The van der Waals surface area contributed by atoms with Crippen LogP contribution < -0.4 is 10.6 Å². The van der Waals surface area contributed by atoms with E-state index in [1.54, 1.807) is 29.1 Å². The van der Waals surface area contributed by atoms with Gasteiger partial charge in [0.25, 0.3) is 0 Å². The Balaban J connectivity index is 1.03. The van der Waals surface area contributed by atoms with E-state index < -0.39 is 42.3 Å². The van der Waals surface area contributed by atoms with E-state index in [1.807, 2.05) is 18.2 Å². The van der Waals surface area contributed by atoms with Crippen molar-refractivity contribution in [2.45, 2.75) is 57.0 Å². The van der Waals surface area contributed by atoms with Gasteiger partial charge in [-0.15, -0.1) is 0 Å². The van der Waals surface area contributed by atoms with Gasteiger partial charge in [0.05, 0.1) is 63.4 Å². The number of likely N-dealkylation sites (tertiary alicyclic amines) is 1. The summed E-state index contributed by atoms with van der Waals surface area (Å²) in [6.07, 6.45) is 2.40. The van der Waals surface area contributed by atoms with Gasteiger partial charge in [-0.1, -0.05) is 48.5 Å². The van der Waals surface area contributed by atoms with Crippen LogP contribution in [0.2, 0.25) is 0 Å². The number of rotatable bonds is 10. The zero-order valence-electron chi connectivity index (χ0n) is 32.2. The number of carbonyl (C=O) groups excluding carboxylic acids is 4. The Hall–Kier alpha value is -6.26. The normalized spacial score (nSPS) is 18.5. The lowest BCUT2D eigenvalue weighted by Crippen LogP contribution is -2.53. The van der Waals surface area contributed by atoms with Gasteiger partial charge in [-0.3, -0.25) is 9.59 Å². The highest BCUT2D eigenvalue weighted by molar-refractivity contribution is 5.91. The van der Waals surface area contributed by atoms with Crippen LogP contribution in [0.25, 0.3) is 44.4 Å². The van der Waals surface area contributed by atoms with E-state index in [-0.39, 0.29) is 18.6 Å². The standard InChI is InChI=1S/C41H46N8O8/c1-23(44-40(53)55-3)38(51)49-16-17-57-22-34(49)37-43-20-31(45-37)26-9-7-25(8-10-26)27-11-12-29-19-30(14-13-28(29)18-27)32-21-42-36(46-32)33-6-5-15-48(33)39(52)35(24(2)50)47-41(54)56-4/h7-14,18-21,23-24,33-35,50H,5-6,15-17,22H2,1-4H3,(H,42,46)(H,43,45)(H,44,53)(H,47,54). The van der Waals surface area contributed by atoms with E-state index >= 15 is 0 Å². The Labute approximate surface area is 328 Å². The predicted octanol–water partition coefficient (Wildman–Crippen LogP) is 4.70. The summed E-state index contributed by atoms with van der Waals surface area (Å²) in [7, 11) is 2.46. The highest BCUT2D eigenvalue weighted by Crippen LogP contribution is 2.34. The Bertz CT molecular complexity index is 2250.